The number of amides is 5. The summed E-state index contributed by atoms with van der Waals surface area (Å²) in [4.78, 5) is 74.5. The number of benzene rings is 1. The smallest absolute Gasteiger partial charge is 0.407 e. The molecule has 0 radical (unpaired) electrons. The van der Waals surface area contributed by atoms with Crippen molar-refractivity contribution in [3.05, 3.63) is 47.5 Å². The average Bonchev–Trinajstić information content (AvgIpc) is 3.18. The predicted octanol–water partition coefficient (Wildman–Crippen LogP) is 2.36. The number of hydrogen-bond acceptors (Lipinski definition) is 8. The van der Waals surface area contributed by atoms with Crippen LogP contribution in [0.4, 0.5) is 4.79 Å². The lowest BCUT2D eigenvalue weighted by Crippen LogP contribution is -2.47. The van der Waals surface area contributed by atoms with E-state index in [0.717, 1.165) is 4.90 Å². The van der Waals surface area contributed by atoms with E-state index in [2.05, 4.69) is 16.0 Å². The Morgan fingerprint density at radius 3 is 2.12 bits per heavy atom. The zero-order valence-corrected chi connectivity index (χ0v) is 24.5. The van der Waals surface area contributed by atoms with Gasteiger partial charge in [-0.1, -0.05) is 12.1 Å². The van der Waals surface area contributed by atoms with Gasteiger partial charge in [0.05, 0.1) is 6.54 Å². The van der Waals surface area contributed by atoms with Crippen LogP contribution in [-0.2, 0) is 35.2 Å². The first kappa shape index (κ1) is 33.0. The monoisotopic (exact) mass is 572 g/mol. The molecule has 0 saturated carbocycles. The number of ether oxygens (including phenoxy) is 2. The Bertz CT molecular complexity index is 1160. The number of nitrogens with one attached hydrogen (secondary N) is 3. The van der Waals surface area contributed by atoms with E-state index >= 15 is 0 Å². The van der Waals surface area contributed by atoms with Crippen molar-refractivity contribution in [2.24, 2.45) is 0 Å². The summed E-state index contributed by atoms with van der Waals surface area (Å²) < 4.78 is 10.6. The number of nitrogens with zero attached hydrogens (tertiary/aromatic N) is 1. The summed E-state index contributed by atoms with van der Waals surface area (Å²) in [5.74, 6) is -2.50. The van der Waals surface area contributed by atoms with Gasteiger partial charge in [0.1, 0.15) is 17.2 Å². The molecule has 12 heteroatoms. The number of hydrogen-bond donors (Lipinski definition) is 3. The van der Waals surface area contributed by atoms with Gasteiger partial charge in [0.15, 0.2) is 0 Å². The number of carbonyl (C=O) groups excluding carboxylic acids is 6. The summed E-state index contributed by atoms with van der Waals surface area (Å²) in [7, 11) is 0. The molecule has 1 unspecified atom stereocenters. The number of imide groups is 1. The molecule has 1 aromatic carbocycles. The van der Waals surface area contributed by atoms with Crippen molar-refractivity contribution in [3.63, 3.8) is 0 Å². The molecular formula is C29H40N4O8. The third-order valence-electron chi connectivity index (χ3n) is 5.49. The van der Waals surface area contributed by atoms with Crippen LogP contribution in [0.15, 0.2) is 36.4 Å². The van der Waals surface area contributed by atoms with Crippen molar-refractivity contribution in [2.45, 2.75) is 84.6 Å². The van der Waals surface area contributed by atoms with Gasteiger partial charge in [0.25, 0.3) is 17.7 Å². The maximum absolute atomic E-state index is 12.7. The van der Waals surface area contributed by atoms with Crippen molar-refractivity contribution in [2.75, 3.05) is 13.1 Å². The maximum Gasteiger partial charge on any atom is 0.407 e. The zero-order valence-electron chi connectivity index (χ0n) is 24.5. The first-order valence-corrected chi connectivity index (χ1v) is 13.4. The highest BCUT2D eigenvalue weighted by atomic mass is 16.6. The summed E-state index contributed by atoms with van der Waals surface area (Å²) >= 11 is 0. The molecule has 0 aromatic heterocycles. The summed E-state index contributed by atoms with van der Waals surface area (Å²) in [6.07, 6.45) is 2.90. The molecule has 1 aromatic rings. The number of alkyl carbamates (subject to hydrolysis) is 1. The lowest BCUT2D eigenvalue weighted by Gasteiger charge is -2.25. The summed E-state index contributed by atoms with van der Waals surface area (Å²) in [6.45, 7) is 10.3. The largest absolute Gasteiger partial charge is 0.458 e. The maximum atomic E-state index is 12.7. The Labute approximate surface area is 240 Å². The van der Waals surface area contributed by atoms with Crippen molar-refractivity contribution >= 4 is 35.7 Å². The van der Waals surface area contributed by atoms with Gasteiger partial charge < -0.3 is 25.4 Å². The Kier molecular flexibility index (Phi) is 11.6. The van der Waals surface area contributed by atoms with Gasteiger partial charge in [-0.15, -0.1) is 0 Å². The normalized spacial score (nSPS) is 14.0. The van der Waals surface area contributed by atoms with Gasteiger partial charge >= 0.3 is 12.1 Å². The van der Waals surface area contributed by atoms with Crippen molar-refractivity contribution in [3.8, 4) is 0 Å². The van der Waals surface area contributed by atoms with E-state index < -0.39 is 41.1 Å². The Balaban J connectivity index is 1.89. The van der Waals surface area contributed by atoms with E-state index in [4.69, 9.17) is 9.47 Å². The number of esters is 1. The molecule has 0 saturated heterocycles. The van der Waals surface area contributed by atoms with E-state index in [-0.39, 0.29) is 43.4 Å². The first-order valence-electron chi connectivity index (χ1n) is 13.4. The van der Waals surface area contributed by atoms with Gasteiger partial charge in [-0.25, -0.2) is 9.59 Å². The van der Waals surface area contributed by atoms with Gasteiger partial charge in [0, 0.05) is 30.8 Å². The molecule has 0 bridgehead atoms. The highest BCUT2D eigenvalue weighted by molar-refractivity contribution is 6.12. The molecule has 1 aliphatic rings. The fraction of sp³-hybridized carbons (Fsp3) is 0.517. The van der Waals surface area contributed by atoms with Crippen LogP contribution >= 0.6 is 0 Å². The second-order valence-corrected chi connectivity index (χ2v) is 11.5. The highest BCUT2D eigenvalue weighted by Crippen LogP contribution is 2.13. The minimum Gasteiger partial charge on any atom is -0.458 e. The van der Waals surface area contributed by atoms with Crippen LogP contribution in [0.2, 0.25) is 0 Å². The van der Waals surface area contributed by atoms with Gasteiger partial charge in [0.2, 0.25) is 5.91 Å². The molecule has 0 spiro atoms. The van der Waals surface area contributed by atoms with E-state index in [1.54, 1.807) is 65.8 Å². The van der Waals surface area contributed by atoms with Gasteiger partial charge in [-0.05, 0) is 78.5 Å². The van der Waals surface area contributed by atoms with Crippen molar-refractivity contribution < 1.29 is 38.2 Å². The number of carbonyl (C=O) groups is 6. The molecule has 2 rings (SSSR count). The third kappa shape index (κ3) is 12.2. The Morgan fingerprint density at radius 1 is 0.878 bits per heavy atom. The van der Waals surface area contributed by atoms with Crippen LogP contribution in [0, 0.1) is 0 Å². The standard InChI is InChI=1S/C29H40N4O8/c1-28(2,3)40-26(38)21(12-7-8-15-33-23(35)13-14-24(33)36)32-22(34)18-30-25(37)20-11-9-10-19(16-20)17-31-27(39)41-29(4,5)6/h9-11,13-14,16,21H,7-8,12,15,17-18H2,1-6H3,(H,30,37)(H,31,39)(H,32,34). The van der Waals surface area contributed by atoms with Crippen molar-refractivity contribution in [1.29, 1.82) is 0 Å². The molecule has 3 N–H and O–H groups in total. The third-order valence-corrected chi connectivity index (χ3v) is 5.49. The number of unbranched alkanes of at least 4 members (excludes halogenated alkanes) is 1. The van der Waals surface area contributed by atoms with Crippen LogP contribution in [0.3, 0.4) is 0 Å². The molecule has 224 valence electrons. The summed E-state index contributed by atoms with van der Waals surface area (Å²) in [6, 6.07) is 5.56. The van der Waals surface area contributed by atoms with Crippen LogP contribution < -0.4 is 16.0 Å². The quantitative estimate of drug-likeness (QED) is 0.195. The molecule has 5 amide bonds. The molecule has 41 heavy (non-hydrogen) atoms. The lowest BCUT2D eigenvalue weighted by molar-refractivity contribution is -0.159. The molecule has 0 aliphatic carbocycles. The predicted molar refractivity (Wildman–Crippen MR) is 149 cm³/mol. The topological polar surface area (TPSA) is 160 Å². The van der Waals surface area contributed by atoms with E-state index in [0.29, 0.717) is 18.4 Å². The highest BCUT2D eigenvalue weighted by Gasteiger charge is 2.27. The molecule has 1 atom stereocenters. The van der Waals surface area contributed by atoms with Gasteiger partial charge in [-0.3, -0.25) is 24.1 Å². The second-order valence-electron chi connectivity index (χ2n) is 11.5. The fourth-order valence-corrected chi connectivity index (χ4v) is 3.71. The fourth-order valence-electron chi connectivity index (χ4n) is 3.71. The Morgan fingerprint density at radius 2 is 1.51 bits per heavy atom. The van der Waals surface area contributed by atoms with Crippen LogP contribution in [0.25, 0.3) is 0 Å². The molecule has 1 heterocycles. The summed E-state index contributed by atoms with van der Waals surface area (Å²) in [5.41, 5.74) is -0.477. The SMILES string of the molecule is CC(C)(C)OC(=O)NCc1cccc(C(=O)NCC(=O)NC(CCCCN2C(=O)C=CC2=O)C(=O)OC(C)(C)C)c1. The van der Waals surface area contributed by atoms with E-state index in [1.165, 1.54) is 12.2 Å². The van der Waals surface area contributed by atoms with E-state index in [9.17, 15) is 28.8 Å². The Hall–Kier alpha value is -4.22. The molecule has 0 fully saturated rings. The zero-order chi connectivity index (χ0) is 30.8. The second kappa shape index (κ2) is 14.4. The molecule has 1 aliphatic heterocycles. The minimum atomic E-state index is -0.982. The van der Waals surface area contributed by atoms with Crippen LogP contribution in [-0.4, -0.2) is 70.9 Å². The lowest BCUT2D eigenvalue weighted by atomic mass is 10.1. The van der Waals surface area contributed by atoms with Crippen molar-refractivity contribution in [1.82, 2.24) is 20.9 Å². The molecule has 12 nitrogen and oxygen atoms in total. The van der Waals surface area contributed by atoms with Crippen LogP contribution in [0.5, 0.6) is 0 Å². The van der Waals surface area contributed by atoms with Crippen LogP contribution in [0.1, 0.15) is 76.7 Å². The average molecular weight is 573 g/mol. The van der Waals surface area contributed by atoms with Gasteiger partial charge in [-0.2, -0.15) is 0 Å². The van der Waals surface area contributed by atoms with E-state index in [1.807, 2.05) is 0 Å². The molecular weight excluding hydrogens is 532 g/mol. The number of rotatable bonds is 12. The first-order chi connectivity index (χ1) is 19.0. The summed E-state index contributed by atoms with van der Waals surface area (Å²) in [5, 5.41) is 7.75. The minimum absolute atomic E-state index is 0.144.